The van der Waals surface area contributed by atoms with E-state index in [1.54, 1.807) is 0 Å². The average molecular weight is 255 g/mol. The molecule has 19 heavy (non-hydrogen) atoms. The second kappa shape index (κ2) is 4.69. The lowest BCUT2D eigenvalue weighted by atomic mass is 9.81. The number of nitrogens with one attached hydrogen (secondary N) is 1. The molecule has 1 heterocycles. The third-order valence-electron chi connectivity index (χ3n) is 4.01. The molecular weight excluding hydrogens is 237 g/mol. The second-order valence-corrected chi connectivity index (χ2v) is 5.37. The number of benzene rings is 2. The zero-order valence-electron chi connectivity index (χ0n) is 11.3. The third-order valence-corrected chi connectivity index (χ3v) is 4.01. The van der Waals surface area contributed by atoms with Crippen LogP contribution in [0.3, 0.4) is 0 Å². The van der Waals surface area contributed by atoms with Crippen LogP contribution in [0.1, 0.15) is 36.0 Å². The first-order valence-corrected chi connectivity index (χ1v) is 6.77. The van der Waals surface area contributed by atoms with Gasteiger partial charge in [0.15, 0.2) is 0 Å². The first kappa shape index (κ1) is 12.2. The van der Waals surface area contributed by atoms with E-state index in [1.807, 2.05) is 19.1 Å². The molecule has 0 amide bonds. The van der Waals surface area contributed by atoms with Crippen molar-refractivity contribution in [2.45, 2.75) is 32.2 Å². The van der Waals surface area contributed by atoms with Crippen molar-refractivity contribution in [3.05, 3.63) is 65.0 Å². The SMILES string of the molecule is Cc1c(F)cccc1C1CC(C)Nc2ccccc21. The van der Waals surface area contributed by atoms with Crippen molar-refractivity contribution in [2.24, 2.45) is 0 Å². The van der Waals surface area contributed by atoms with Gasteiger partial charge < -0.3 is 5.32 Å². The summed E-state index contributed by atoms with van der Waals surface area (Å²) in [5.74, 6) is 0.171. The van der Waals surface area contributed by atoms with Gasteiger partial charge in [-0.05, 0) is 49.1 Å². The highest BCUT2D eigenvalue weighted by Gasteiger charge is 2.26. The molecule has 0 saturated heterocycles. The van der Waals surface area contributed by atoms with Crippen molar-refractivity contribution in [2.75, 3.05) is 5.32 Å². The van der Waals surface area contributed by atoms with E-state index in [9.17, 15) is 4.39 Å². The summed E-state index contributed by atoms with van der Waals surface area (Å²) >= 11 is 0. The van der Waals surface area contributed by atoms with Crippen LogP contribution in [0.4, 0.5) is 10.1 Å². The van der Waals surface area contributed by atoms with E-state index in [4.69, 9.17) is 0 Å². The number of anilines is 1. The van der Waals surface area contributed by atoms with Crippen LogP contribution in [0, 0.1) is 12.7 Å². The summed E-state index contributed by atoms with van der Waals surface area (Å²) in [5, 5.41) is 3.50. The lowest BCUT2D eigenvalue weighted by Gasteiger charge is -2.32. The Kier molecular flexibility index (Phi) is 3.02. The van der Waals surface area contributed by atoms with Crippen LogP contribution in [-0.2, 0) is 0 Å². The van der Waals surface area contributed by atoms with E-state index >= 15 is 0 Å². The van der Waals surface area contributed by atoms with Gasteiger partial charge in [-0.1, -0.05) is 30.3 Å². The predicted molar refractivity (Wildman–Crippen MR) is 77.1 cm³/mol. The van der Waals surface area contributed by atoms with Gasteiger partial charge in [0.05, 0.1) is 0 Å². The van der Waals surface area contributed by atoms with Crippen molar-refractivity contribution in [1.29, 1.82) is 0 Å². The molecule has 0 aliphatic carbocycles. The fourth-order valence-corrected chi connectivity index (χ4v) is 3.03. The van der Waals surface area contributed by atoms with E-state index in [0.717, 1.165) is 17.5 Å². The number of fused-ring (bicyclic) bond motifs is 1. The highest BCUT2D eigenvalue weighted by Crippen LogP contribution is 2.39. The van der Waals surface area contributed by atoms with Gasteiger partial charge in [0.2, 0.25) is 0 Å². The summed E-state index contributed by atoms with van der Waals surface area (Å²) in [6.45, 7) is 4.05. The molecule has 3 rings (SSSR count). The van der Waals surface area contributed by atoms with Crippen LogP contribution < -0.4 is 5.32 Å². The van der Waals surface area contributed by atoms with E-state index in [0.29, 0.717) is 6.04 Å². The number of para-hydroxylation sites is 1. The Morgan fingerprint density at radius 2 is 1.79 bits per heavy atom. The fourth-order valence-electron chi connectivity index (χ4n) is 3.03. The van der Waals surface area contributed by atoms with Gasteiger partial charge in [-0.15, -0.1) is 0 Å². The van der Waals surface area contributed by atoms with Crippen LogP contribution >= 0.6 is 0 Å². The highest BCUT2D eigenvalue weighted by atomic mass is 19.1. The fraction of sp³-hybridized carbons (Fsp3) is 0.294. The minimum Gasteiger partial charge on any atom is -0.382 e. The van der Waals surface area contributed by atoms with E-state index in [1.165, 1.54) is 17.3 Å². The van der Waals surface area contributed by atoms with Crippen LogP contribution in [0.5, 0.6) is 0 Å². The van der Waals surface area contributed by atoms with Crippen LogP contribution in [0.15, 0.2) is 42.5 Å². The monoisotopic (exact) mass is 255 g/mol. The maximum Gasteiger partial charge on any atom is 0.126 e. The Morgan fingerprint density at radius 1 is 1.05 bits per heavy atom. The molecule has 98 valence electrons. The van der Waals surface area contributed by atoms with Crippen molar-refractivity contribution in [1.82, 2.24) is 0 Å². The predicted octanol–water partition coefficient (Wildman–Crippen LogP) is 4.47. The largest absolute Gasteiger partial charge is 0.382 e. The van der Waals surface area contributed by atoms with E-state index < -0.39 is 0 Å². The van der Waals surface area contributed by atoms with Crippen molar-refractivity contribution in [3.8, 4) is 0 Å². The number of rotatable bonds is 1. The van der Waals surface area contributed by atoms with Crippen molar-refractivity contribution >= 4 is 5.69 Å². The average Bonchev–Trinajstić information content (AvgIpc) is 2.41. The van der Waals surface area contributed by atoms with Gasteiger partial charge in [-0.25, -0.2) is 4.39 Å². The van der Waals surface area contributed by atoms with Gasteiger partial charge in [0.1, 0.15) is 5.82 Å². The molecule has 0 aromatic heterocycles. The van der Waals surface area contributed by atoms with Crippen molar-refractivity contribution < 1.29 is 4.39 Å². The lowest BCUT2D eigenvalue weighted by Crippen LogP contribution is -2.26. The minimum atomic E-state index is -0.110. The summed E-state index contributed by atoms with van der Waals surface area (Å²) in [6.07, 6.45) is 1.00. The van der Waals surface area contributed by atoms with Gasteiger partial charge in [0.25, 0.3) is 0 Å². The Hall–Kier alpha value is -1.83. The number of hydrogen-bond donors (Lipinski definition) is 1. The Balaban J connectivity index is 2.13. The van der Waals surface area contributed by atoms with Crippen LogP contribution in [0.25, 0.3) is 0 Å². The number of hydrogen-bond acceptors (Lipinski definition) is 1. The molecule has 0 saturated carbocycles. The maximum absolute atomic E-state index is 13.8. The normalized spacial score (nSPS) is 21.6. The van der Waals surface area contributed by atoms with Crippen LogP contribution in [-0.4, -0.2) is 6.04 Å². The van der Waals surface area contributed by atoms with Gasteiger partial charge >= 0.3 is 0 Å². The quantitative estimate of drug-likeness (QED) is 0.792. The standard InChI is InChI=1S/C17H18FN/c1-11-10-15(13-7-5-8-16(18)12(13)2)14-6-3-4-9-17(14)19-11/h3-9,11,15,19H,10H2,1-2H3. The van der Waals surface area contributed by atoms with Gasteiger partial charge in [-0.3, -0.25) is 0 Å². The molecular formula is C17H18FN. The molecule has 0 spiro atoms. The molecule has 2 aromatic carbocycles. The zero-order valence-corrected chi connectivity index (χ0v) is 11.3. The summed E-state index contributed by atoms with van der Waals surface area (Å²) in [4.78, 5) is 0. The Labute approximate surface area is 113 Å². The van der Waals surface area contributed by atoms with E-state index in [2.05, 4.69) is 36.5 Å². The minimum absolute atomic E-state index is 0.110. The summed E-state index contributed by atoms with van der Waals surface area (Å²) < 4.78 is 13.8. The first-order valence-electron chi connectivity index (χ1n) is 6.77. The summed E-state index contributed by atoms with van der Waals surface area (Å²) in [5.41, 5.74) is 4.33. The molecule has 2 heteroatoms. The Bertz CT molecular complexity index is 606. The maximum atomic E-state index is 13.8. The van der Waals surface area contributed by atoms with Gasteiger partial charge in [-0.2, -0.15) is 0 Å². The highest BCUT2D eigenvalue weighted by molar-refractivity contribution is 5.58. The van der Waals surface area contributed by atoms with E-state index in [-0.39, 0.29) is 11.7 Å². The molecule has 1 aliphatic heterocycles. The second-order valence-electron chi connectivity index (χ2n) is 5.37. The van der Waals surface area contributed by atoms with Crippen molar-refractivity contribution in [3.63, 3.8) is 0 Å². The molecule has 0 bridgehead atoms. The molecule has 1 N–H and O–H groups in total. The Morgan fingerprint density at radius 3 is 2.63 bits per heavy atom. The molecule has 1 nitrogen and oxygen atoms in total. The molecule has 2 aromatic rings. The summed E-state index contributed by atoms with van der Waals surface area (Å²) in [7, 11) is 0. The smallest absolute Gasteiger partial charge is 0.126 e. The lowest BCUT2D eigenvalue weighted by molar-refractivity contribution is 0.589. The van der Waals surface area contributed by atoms with Gasteiger partial charge in [0, 0.05) is 17.6 Å². The molecule has 0 fully saturated rings. The molecule has 0 radical (unpaired) electrons. The van der Waals surface area contributed by atoms with Crippen LogP contribution in [0.2, 0.25) is 0 Å². The first-order chi connectivity index (χ1) is 9.16. The molecule has 2 unspecified atom stereocenters. The number of halogens is 1. The molecule has 1 aliphatic rings. The topological polar surface area (TPSA) is 12.0 Å². The zero-order chi connectivity index (χ0) is 13.4. The molecule has 2 atom stereocenters. The third kappa shape index (κ3) is 2.12. The summed E-state index contributed by atoms with van der Waals surface area (Å²) in [6, 6.07) is 14.1.